The van der Waals surface area contributed by atoms with E-state index in [0.717, 1.165) is 67.6 Å². The van der Waals surface area contributed by atoms with E-state index in [4.69, 9.17) is 26.3 Å². The van der Waals surface area contributed by atoms with Gasteiger partial charge in [-0.15, -0.1) is 0 Å². The lowest BCUT2D eigenvalue weighted by Gasteiger charge is -2.34. The van der Waals surface area contributed by atoms with Gasteiger partial charge in [0, 0.05) is 54.9 Å². The monoisotopic (exact) mass is 518 g/mol. The number of likely N-dealkylation sites (tertiary alicyclic amines) is 1. The van der Waals surface area contributed by atoms with Crippen molar-refractivity contribution in [2.24, 2.45) is 5.92 Å². The van der Waals surface area contributed by atoms with E-state index in [0.29, 0.717) is 30.6 Å². The van der Waals surface area contributed by atoms with Crippen LogP contribution < -0.4 is 19.9 Å². The maximum absolute atomic E-state index is 6.70. The summed E-state index contributed by atoms with van der Waals surface area (Å²) in [5.74, 6) is 1.81. The molecule has 0 amide bonds. The van der Waals surface area contributed by atoms with E-state index in [9.17, 15) is 0 Å². The van der Waals surface area contributed by atoms with E-state index < -0.39 is 0 Å². The highest BCUT2D eigenvalue weighted by Gasteiger charge is 2.40. The third-order valence-corrected chi connectivity index (χ3v) is 9.30. The summed E-state index contributed by atoms with van der Waals surface area (Å²) in [6.07, 6.45) is 4.54. The molecule has 3 saturated heterocycles. The van der Waals surface area contributed by atoms with Gasteiger partial charge in [0.25, 0.3) is 0 Å². The molecule has 0 saturated carbocycles. The van der Waals surface area contributed by atoms with Crippen molar-refractivity contribution in [3.63, 3.8) is 0 Å². The second kappa shape index (κ2) is 9.61. The number of nitrogens with one attached hydrogen (secondary N) is 1. The lowest BCUT2D eigenvalue weighted by atomic mass is 10.0. The Morgan fingerprint density at radius 2 is 1.95 bits per heavy atom. The summed E-state index contributed by atoms with van der Waals surface area (Å²) < 4.78 is 6.32. The predicted molar refractivity (Wildman–Crippen MR) is 149 cm³/mol. The fourth-order valence-electron chi connectivity index (χ4n) is 6.91. The highest BCUT2D eigenvalue weighted by atomic mass is 35.5. The average molecular weight is 519 g/mol. The first-order chi connectivity index (χ1) is 18.2. The van der Waals surface area contributed by atoms with Gasteiger partial charge in [-0.25, -0.2) is 0 Å². The number of ether oxygens (including phenoxy) is 1. The van der Waals surface area contributed by atoms with Crippen LogP contribution in [0.1, 0.15) is 30.5 Å². The number of likely N-dealkylation sites (N-methyl/N-ethyl adjacent to an activating group) is 1. The normalized spacial score (nSPS) is 25.6. The molecule has 3 atom stereocenters. The second-order valence-electron chi connectivity index (χ2n) is 11.1. The van der Waals surface area contributed by atoms with Crippen LogP contribution >= 0.6 is 11.6 Å². The highest BCUT2D eigenvalue weighted by Crippen LogP contribution is 2.39. The molecule has 3 aromatic rings. The molecule has 37 heavy (non-hydrogen) atoms. The lowest BCUT2D eigenvalue weighted by Crippen LogP contribution is -2.38. The van der Waals surface area contributed by atoms with Gasteiger partial charge in [-0.2, -0.15) is 9.97 Å². The number of anilines is 2. The quantitative estimate of drug-likeness (QED) is 0.545. The van der Waals surface area contributed by atoms with Gasteiger partial charge in [-0.05, 0) is 62.7 Å². The third-order valence-electron chi connectivity index (χ3n) is 8.99. The number of nitrogens with zero attached hydrogens (tertiary/aromatic N) is 5. The summed E-state index contributed by atoms with van der Waals surface area (Å²) in [5, 5.41) is 6.67. The van der Waals surface area contributed by atoms with E-state index in [2.05, 4.69) is 51.3 Å². The molecule has 0 unspecified atom stereocenters. The van der Waals surface area contributed by atoms with Crippen molar-refractivity contribution >= 4 is 33.9 Å². The molecule has 8 heteroatoms. The summed E-state index contributed by atoms with van der Waals surface area (Å²) in [6.45, 7) is 6.64. The Labute approximate surface area is 223 Å². The molecule has 4 aliphatic heterocycles. The number of aromatic nitrogens is 2. The molecule has 0 bridgehead atoms. The van der Waals surface area contributed by atoms with Gasteiger partial charge in [0.1, 0.15) is 12.4 Å². The fourth-order valence-corrected chi connectivity index (χ4v) is 7.19. The Bertz CT molecular complexity index is 1310. The summed E-state index contributed by atoms with van der Waals surface area (Å²) >= 11 is 6.70. The number of fused-ring (bicyclic) bond motifs is 3. The molecule has 194 valence electrons. The van der Waals surface area contributed by atoms with Gasteiger partial charge in [0.2, 0.25) is 0 Å². The number of benzene rings is 2. The van der Waals surface area contributed by atoms with E-state index in [1.807, 2.05) is 12.1 Å². The Kier molecular flexibility index (Phi) is 6.10. The molecule has 3 fully saturated rings. The van der Waals surface area contributed by atoms with E-state index in [1.165, 1.54) is 35.9 Å². The van der Waals surface area contributed by atoms with E-state index in [1.54, 1.807) is 0 Å². The molecular weight excluding hydrogens is 484 g/mol. The van der Waals surface area contributed by atoms with E-state index in [-0.39, 0.29) is 0 Å². The van der Waals surface area contributed by atoms with Crippen LogP contribution in [0.15, 0.2) is 36.4 Å². The first-order valence-corrected chi connectivity index (χ1v) is 14.2. The first-order valence-electron chi connectivity index (χ1n) is 13.8. The molecule has 5 heterocycles. The molecule has 0 spiro atoms. The maximum Gasteiger partial charge on any atom is 0.318 e. The summed E-state index contributed by atoms with van der Waals surface area (Å²) in [6, 6.07) is 14.1. The number of hydrogen-bond acceptors (Lipinski definition) is 7. The Morgan fingerprint density at radius 1 is 1.05 bits per heavy atom. The third kappa shape index (κ3) is 4.21. The van der Waals surface area contributed by atoms with E-state index >= 15 is 0 Å². The molecule has 7 rings (SSSR count). The highest BCUT2D eigenvalue weighted by molar-refractivity contribution is 6.36. The topological polar surface area (TPSA) is 56.8 Å². The van der Waals surface area contributed by atoms with Gasteiger partial charge >= 0.3 is 6.01 Å². The minimum atomic E-state index is 0.438. The van der Waals surface area contributed by atoms with Crippen LogP contribution in [0.25, 0.3) is 10.8 Å². The summed E-state index contributed by atoms with van der Waals surface area (Å²) in [7, 11) is 2.19. The van der Waals surface area contributed by atoms with Gasteiger partial charge in [0.05, 0.1) is 17.3 Å². The smallest absolute Gasteiger partial charge is 0.318 e. The molecule has 1 aromatic heterocycles. The van der Waals surface area contributed by atoms with Gasteiger partial charge in [0.15, 0.2) is 0 Å². The Hall–Kier alpha value is -2.61. The predicted octanol–water partition coefficient (Wildman–Crippen LogP) is 4.12. The van der Waals surface area contributed by atoms with Crippen molar-refractivity contribution in [2.45, 2.75) is 44.3 Å². The van der Waals surface area contributed by atoms with Crippen LogP contribution in [-0.4, -0.2) is 73.3 Å². The lowest BCUT2D eigenvalue weighted by molar-refractivity contribution is 0.187. The minimum Gasteiger partial charge on any atom is -0.462 e. The minimum absolute atomic E-state index is 0.438. The zero-order valence-electron chi connectivity index (χ0n) is 21.5. The fraction of sp³-hybridized carbons (Fsp3) is 0.517. The zero-order valence-corrected chi connectivity index (χ0v) is 22.3. The van der Waals surface area contributed by atoms with Crippen LogP contribution in [0.2, 0.25) is 5.02 Å². The molecule has 1 N–H and O–H groups in total. The Balaban J connectivity index is 1.24. The van der Waals surface area contributed by atoms with Gasteiger partial charge < -0.3 is 24.8 Å². The van der Waals surface area contributed by atoms with Crippen molar-refractivity contribution in [3.8, 4) is 6.01 Å². The maximum atomic E-state index is 6.70. The van der Waals surface area contributed by atoms with Crippen molar-refractivity contribution < 1.29 is 4.74 Å². The second-order valence-corrected chi connectivity index (χ2v) is 11.5. The summed E-state index contributed by atoms with van der Waals surface area (Å²) in [4.78, 5) is 17.5. The van der Waals surface area contributed by atoms with Crippen molar-refractivity contribution in [2.75, 3.05) is 56.2 Å². The van der Waals surface area contributed by atoms with Crippen LogP contribution in [0.4, 0.5) is 11.5 Å². The van der Waals surface area contributed by atoms with Gasteiger partial charge in [-0.1, -0.05) is 35.9 Å². The van der Waals surface area contributed by atoms with Crippen LogP contribution in [-0.2, 0) is 13.0 Å². The molecule has 0 aliphatic carbocycles. The Morgan fingerprint density at radius 3 is 2.81 bits per heavy atom. The first kappa shape index (κ1) is 23.5. The molecule has 0 radical (unpaired) electrons. The van der Waals surface area contributed by atoms with Crippen molar-refractivity contribution in [1.29, 1.82) is 0 Å². The average Bonchev–Trinajstić information content (AvgIpc) is 3.64. The molecule has 7 nitrogen and oxygen atoms in total. The molecule has 2 aromatic carbocycles. The zero-order chi connectivity index (χ0) is 24.9. The standard InChI is InChI=1S/C29H35ClN6O/c1-34-12-4-7-21(34)18-37-29-32-24-17-35(25-9-3-6-19-5-2-8-23(30)27(19)25)13-11-22(24)28(33-29)36-14-10-20-15-31-16-26(20)36/h2-3,5-6,8-9,20-21,26,31H,4,7,10-18H2,1H3/t20-,21+,26+/m1/s1. The van der Waals surface area contributed by atoms with Crippen molar-refractivity contribution in [3.05, 3.63) is 52.7 Å². The van der Waals surface area contributed by atoms with Crippen LogP contribution in [0.5, 0.6) is 6.01 Å². The number of hydrogen-bond donors (Lipinski definition) is 1. The molecular formula is C29H35ClN6O. The van der Waals surface area contributed by atoms with Crippen LogP contribution in [0.3, 0.4) is 0 Å². The van der Waals surface area contributed by atoms with Crippen molar-refractivity contribution in [1.82, 2.24) is 20.2 Å². The largest absolute Gasteiger partial charge is 0.462 e. The summed E-state index contributed by atoms with van der Waals surface area (Å²) in [5.41, 5.74) is 3.55. The number of rotatable bonds is 5. The van der Waals surface area contributed by atoms with Crippen LogP contribution in [0, 0.1) is 5.92 Å². The SMILES string of the molecule is CN1CCC[C@H]1COc1nc2c(c(N3CC[C@@H]4CNC[C@@H]43)n1)CCN(c1cccc3cccc(Cl)c13)C2. The van der Waals surface area contributed by atoms with Gasteiger partial charge in [-0.3, -0.25) is 0 Å². The number of halogens is 1. The molecule has 4 aliphatic rings.